The average Bonchev–Trinajstić information content (AvgIpc) is 2.88. The zero-order valence-corrected chi connectivity index (χ0v) is 15.1. The van der Waals surface area contributed by atoms with E-state index in [1.54, 1.807) is 24.3 Å². The molecule has 1 saturated heterocycles. The van der Waals surface area contributed by atoms with Crippen LogP contribution in [-0.4, -0.2) is 29.2 Å². The van der Waals surface area contributed by atoms with Crippen molar-refractivity contribution in [3.63, 3.8) is 0 Å². The van der Waals surface area contributed by atoms with Crippen LogP contribution in [0.15, 0.2) is 54.6 Å². The molecule has 1 aliphatic rings. The fourth-order valence-electron chi connectivity index (χ4n) is 3.25. The fraction of sp³-hybridized carbons (Fsp3) is 0.250. The predicted molar refractivity (Wildman–Crippen MR) is 99.1 cm³/mol. The van der Waals surface area contributed by atoms with Gasteiger partial charge in [0.2, 0.25) is 0 Å². The number of carbonyl (C=O) groups excluding carboxylic acids is 3. The molecule has 2 aromatic rings. The van der Waals surface area contributed by atoms with Crippen molar-refractivity contribution in [1.82, 2.24) is 10.2 Å². The molecule has 1 heterocycles. The Bertz CT molecular complexity index is 836. The second kappa shape index (κ2) is 7.30. The summed E-state index contributed by atoms with van der Waals surface area (Å²) in [5, 5.41) is 3.33. The third-order valence-corrected chi connectivity index (χ3v) is 4.79. The van der Waals surface area contributed by atoms with E-state index in [0.29, 0.717) is 23.4 Å². The Morgan fingerprint density at radius 1 is 1.08 bits per heavy atom. The van der Waals surface area contributed by atoms with Crippen molar-refractivity contribution in [3.05, 3.63) is 70.7 Å². The molecule has 5 nitrogen and oxygen atoms in total. The molecule has 6 heteroatoms. The number of hydrogen-bond donors (Lipinski definition) is 1. The van der Waals surface area contributed by atoms with Gasteiger partial charge in [-0.1, -0.05) is 55.3 Å². The van der Waals surface area contributed by atoms with E-state index in [1.807, 2.05) is 37.3 Å². The number of rotatable bonds is 6. The summed E-state index contributed by atoms with van der Waals surface area (Å²) < 4.78 is 0. The number of Topliss-reactive ketones (excluding diaryl/α,β-unsaturated/α-hetero) is 1. The van der Waals surface area contributed by atoms with Crippen molar-refractivity contribution in [1.29, 1.82) is 0 Å². The van der Waals surface area contributed by atoms with Crippen molar-refractivity contribution in [2.75, 3.05) is 6.54 Å². The molecule has 0 spiro atoms. The first-order valence-electron chi connectivity index (χ1n) is 8.46. The molecule has 1 aliphatic heterocycles. The first-order chi connectivity index (χ1) is 12.5. The zero-order valence-electron chi connectivity index (χ0n) is 14.4. The Morgan fingerprint density at radius 3 is 2.35 bits per heavy atom. The van der Waals surface area contributed by atoms with Gasteiger partial charge in [0.1, 0.15) is 5.54 Å². The molecule has 2 aromatic carbocycles. The van der Waals surface area contributed by atoms with E-state index in [9.17, 15) is 14.4 Å². The molecule has 0 unspecified atom stereocenters. The largest absolute Gasteiger partial charge is 0.325 e. The van der Waals surface area contributed by atoms with Crippen LogP contribution in [-0.2, 0) is 10.3 Å². The molecular formula is C20H19ClN2O3. The Balaban J connectivity index is 1.88. The number of halogens is 1. The van der Waals surface area contributed by atoms with Crippen LogP contribution in [0.2, 0.25) is 5.02 Å². The number of carbonyl (C=O) groups is 3. The van der Waals surface area contributed by atoms with Gasteiger partial charge in [-0.2, -0.15) is 0 Å². The molecule has 1 fully saturated rings. The lowest BCUT2D eigenvalue weighted by Crippen LogP contribution is -2.44. The van der Waals surface area contributed by atoms with Crippen molar-refractivity contribution in [3.8, 4) is 0 Å². The molecule has 134 valence electrons. The maximum Gasteiger partial charge on any atom is 0.325 e. The van der Waals surface area contributed by atoms with Crippen LogP contribution in [0.4, 0.5) is 4.79 Å². The summed E-state index contributed by atoms with van der Waals surface area (Å²) in [6.07, 6.45) is 1.17. The first-order valence-corrected chi connectivity index (χ1v) is 8.84. The minimum absolute atomic E-state index is 0.301. The van der Waals surface area contributed by atoms with Crippen LogP contribution in [0.1, 0.15) is 35.7 Å². The molecule has 3 amide bonds. The first kappa shape index (κ1) is 18.1. The Hall–Kier alpha value is -2.66. The van der Waals surface area contributed by atoms with Gasteiger partial charge in [-0.05, 0) is 36.2 Å². The predicted octanol–water partition coefficient (Wildman–Crippen LogP) is 3.77. The summed E-state index contributed by atoms with van der Waals surface area (Å²) in [6, 6.07) is 15.0. The maximum atomic E-state index is 13.1. The van der Waals surface area contributed by atoms with Gasteiger partial charge in [-0.15, -0.1) is 0 Å². The standard InChI is InChI=1S/C20H19ClN2O3/c1-2-12-20(15-6-4-3-5-7-15)18(25)23(19(26)22-20)13-17(24)14-8-10-16(21)11-9-14/h3-11H,2,12-13H2,1H3,(H,22,26)/t20-/m1/s1. The van der Waals surface area contributed by atoms with Crippen molar-refractivity contribution >= 4 is 29.3 Å². The Labute approximate surface area is 156 Å². The quantitative estimate of drug-likeness (QED) is 0.621. The molecule has 1 N–H and O–H groups in total. The molecule has 0 saturated carbocycles. The molecular weight excluding hydrogens is 352 g/mol. The van der Waals surface area contributed by atoms with E-state index < -0.39 is 17.5 Å². The third kappa shape index (κ3) is 3.22. The molecule has 1 atom stereocenters. The number of urea groups is 1. The lowest BCUT2D eigenvalue weighted by atomic mass is 9.85. The number of ketones is 1. The second-order valence-corrected chi connectivity index (χ2v) is 6.71. The molecule has 0 bridgehead atoms. The van der Waals surface area contributed by atoms with Gasteiger partial charge in [0, 0.05) is 10.6 Å². The van der Waals surface area contributed by atoms with E-state index in [4.69, 9.17) is 11.6 Å². The van der Waals surface area contributed by atoms with Crippen LogP contribution in [0, 0.1) is 0 Å². The summed E-state index contributed by atoms with van der Waals surface area (Å²) in [6.45, 7) is 1.65. The van der Waals surface area contributed by atoms with E-state index in [-0.39, 0.29) is 12.3 Å². The number of nitrogens with zero attached hydrogens (tertiary/aromatic N) is 1. The average molecular weight is 371 g/mol. The van der Waals surface area contributed by atoms with Gasteiger partial charge in [-0.3, -0.25) is 14.5 Å². The highest BCUT2D eigenvalue weighted by Crippen LogP contribution is 2.33. The lowest BCUT2D eigenvalue weighted by Gasteiger charge is -2.26. The number of nitrogens with one attached hydrogen (secondary N) is 1. The summed E-state index contributed by atoms with van der Waals surface area (Å²) in [4.78, 5) is 39.1. The van der Waals surface area contributed by atoms with E-state index in [0.717, 1.165) is 10.5 Å². The monoisotopic (exact) mass is 370 g/mol. The maximum absolute atomic E-state index is 13.1. The number of imide groups is 1. The Kier molecular flexibility index (Phi) is 5.09. The van der Waals surface area contributed by atoms with Crippen molar-refractivity contribution in [2.24, 2.45) is 0 Å². The van der Waals surface area contributed by atoms with Gasteiger partial charge >= 0.3 is 6.03 Å². The van der Waals surface area contributed by atoms with Crippen LogP contribution in [0.25, 0.3) is 0 Å². The number of amides is 3. The third-order valence-electron chi connectivity index (χ3n) is 4.54. The smallest absolute Gasteiger partial charge is 0.319 e. The highest BCUT2D eigenvalue weighted by atomic mass is 35.5. The van der Waals surface area contributed by atoms with Gasteiger partial charge in [0.25, 0.3) is 5.91 Å². The van der Waals surface area contributed by atoms with Gasteiger partial charge in [0.05, 0.1) is 6.54 Å². The number of benzene rings is 2. The zero-order chi connectivity index (χ0) is 18.7. The molecule has 3 rings (SSSR count). The topological polar surface area (TPSA) is 66.5 Å². The van der Waals surface area contributed by atoms with Crippen molar-refractivity contribution < 1.29 is 14.4 Å². The second-order valence-electron chi connectivity index (χ2n) is 6.27. The van der Waals surface area contributed by atoms with Gasteiger partial charge in [0.15, 0.2) is 5.78 Å². The summed E-state index contributed by atoms with van der Waals surface area (Å²) >= 11 is 5.83. The minimum atomic E-state index is -1.12. The molecule has 26 heavy (non-hydrogen) atoms. The Morgan fingerprint density at radius 2 is 1.73 bits per heavy atom. The van der Waals surface area contributed by atoms with Crippen LogP contribution in [0.3, 0.4) is 0 Å². The van der Waals surface area contributed by atoms with E-state index >= 15 is 0 Å². The van der Waals surface area contributed by atoms with Crippen molar-refractivity contribution in [2.45, 2.75) is 25.3 Å². The summed E-state index contributed by atoms with van der Waals surface area (Å²) in [5.74, 6) is -0.705. The van der Waals surface area contributed by atoms with Gasteiger partial charge in [-0.25, -0.2) is 4.79 Å². The normalized spacial score (nSPS) is 19.5. The highest BCUT2D eigenvalue weighted by molar-refractivity contribution is 6.30. The van der Waals surface area contributed by atoms with E-state index in [1.165, 1.54) is 0 Å². The fourth-order valence-corrected chi connectivity index (χ4v) is 3.37. The molecule has 0 radical (unpaired) electrons. The van der Waals surface area contributed by atoms with Crippen LogP contribution < -0.4 is 5.32 Å². The van der Waals surface area contributed by atoms with Gasteiger partial charge < -0.3 is 5.32 Å². The van der Waals surface area contributed by atoms with Crippen LogP contribution in [0.5, 0.6) is 0 Å². The summed E-state index contributed by atoms with van der Waals surface area (Å²) in [5.41, 5.74) is 0.0113. The number of hydrogen-bond acceptors (Lipinski definition) is 3. The van der Waals surface area contributed by atoms with Crippen LogP contribution >= 0.6 is 11.6 Å². The molecule has 0 aromatic heterocycles. The summed E-state index contributed by atoms with van der Waals surface area (Å²) in [7, 11) is 0. The SMILES string of the molecule is CCC[C@]1(c2ccccc2)NC(=O)N(CC(=O)c2ccc(Cl)cc2)C1=O. The minimum Gasteiger partial charge on any atom is -0.319 e. The molecule has 0 aliphatic carbocycles. The lowest BCUT2D eigenvalue weighted by molar-refractivity contribution is -0.131. The van der Waals surface area contributed by atoms with E-state index in [2.05, 4.69) is 5.32 Å². The highest BCUT2D eigenvalue weighted by Gasteiger charge is 2.52.